The van der Waals surface area contributed by atoms with Gasteiger partial charge in [0.15, 0.2) is 5.69 Å². The Hall–Kier alpha value is -2.87. The van der Waals surface area contributed by atoms with E-state index in [4.69, 9.17) is 5.11 Å². The minimum Gasteiger partial charge on any atom is -0.476 e. The van der Waals surface area contributed by atoms with Crippen LogP contribution in [0.1, 0.15) is 79.9 Å². The molecule has 38 heavy (non-hydrogen) atoms. The summed E-state index contributed by atoms with van der Waals surface area (Å²) in [6, 6.07) is 8.38. The van der Waals surface area contributed by atoms with Gasteiger partial charge in [-0.25, -0.2) is 9.59 Å². The van der Waals surface area contributed by atoms with Crippen LogP contribution >= 0.6 is 0 Å². The Labute approximate surface area is 225 Å². The second kappa shape index (κ2) is 10.4. The number of benzene rings is 1. The van der Waals surface area contributed by atoms with Gasteiger partial charge in [-0.1, -0.05) is 31.9 Å². The summed E-state index contributed by atoms with van der Waals surface area (Å²) in [6.45, 7) is 8.12. The average molecular weight is 520 g/mol. The maximum Gasteiger partial charge on any atom is 0.356 e. The number of likely N-dealkylation sites (tertiary alicyclic amines) is 2. The van der Waals surface area contributed by atoms with Crippen LogP contribution in [0, 0.1) is 11.8 Å². The number of hydrogen-bond acceptors (Lipinski definition) is 5. The van der Waals surface area contributed by atoms with Crippen LogP contribution in [0.4, 0.5) is 10.5 Å². The lowest BCUT2D eigenvalue weighted by molar-refractivity contribution is 0.0585. The van der Waals surface area contributed by atoms with Crippen LogP contribution < -0.4 is 4.90 Å². The molecule has 2 aromatic rings. The largest absolute Gasteiger partial charge is 0.476 e. The minimum absolute atomic E-state index is 0.101. The molecule has 1 N–H and O–H groups in total. The molecule has 0 radical (unpaired) electrons. The standard InChI is InChI=1S/C30H41N5O3/c1-2-5-22-8-9-25(27(18-22)33-19-23-6-3-7-24(23)20-33)21-34-14-4-11-30(34)12-16-32(17-13-30)29(38)35-15-10-26(31-35)28(36)37/h8-10,15,18,23-24H,2-7,11-14,16-17,19-21H2,1H3,(H,36,37). The number of anilines is 1. The second-order valence-corrected chi connectivity index (χ2v) is 12.0. The molecule has 3 saturated heterocycles. The van der Waals surface area contributed by atoms with Gasteiger partial charge in [-0.2, -0.15) is 9.78 Å². The molecule has 204 valence electrons. The number of piperidine rings is 1. The van der Waals surface area contributed by atoms with E-state index in [1.807, 2.05) is 4.90 Å². The summed E-state index contributed by atoms with van der Waals surface area (Å²) in [6.07, 6.45) is 12.2. The quantitative estimate of drug-likeness (QED) is 0.587. The molecule has 8 heteroatoms. The van der Waals surface area contributed by atoms with Crippen molar-refractivity contribution in [3.63, 3.8) is 0 Å². The van der Waals surface area contributed by atoms with Crippen LogP contribution in [0.2, 0.25) is 0 Å². The van der Waals surface area contributed by atoms with Crippen molar-refractivity contribution in [3.05, 3.63) is 47.3 Å². The highest BCUT2D eigenvalue weighted by molar-refractivity contribution is 5.86. The SMILES string of the molecule is CCCc1ccc(CN2CCCC23CCN(C(=O)n2ccc(C(=O)O)n2)CC3)c(N2CC3CCCC3C2)c1. The molecule has 1 saturated carbocycles. The number of carboxylic acid groups (broad SMARTS) is 1. The van der Waals surface area contributed by atoms with Crippen LogP contribution in [0.15, 0.2) is 30.5 Å². The van der Waals surface area contributed by atoms with Gasteiger partial charge in [0.2, 0.25) is 0 Å². The summed E-state index contributed by atoms with van der Waals surface area (Å²) in [7, 11) is 0. The van der Waals surface area contributed by atoms with E-state index < -0.39 is 5.97 Å². The molecule has 2 unspecified atom stereocenters. The smallest absolute Gasteiger partial charge is 0.356 e. The summed E-state index contributed by atoms with van der Waals surface area (Å²) >= 11 is 0. The first-order chi connectivity index (χ1) is 18.5. The third kappa shape index (κ3) is 4.72. The molecule has 1 amide bonds. The van der Waals surface area contributed by atoms with Crippen molar-refractivity contribution in [2.75, 3.05) is 37.6 Å². The zero-order chi connectivity index (χ0) is 26.3. The van der Waals surface area contributed by atoms with E-state index in [1.54, 1.807) is 0 Å². The first-order valence-electron chi connectivity index (χ1n) is 14.7. The van der Waals surface area contributed by atoms with Crippen molar-refractivity contribution in [2.45, 2.75) is 76.8 Å². The van der Waals surface area contributed by atoms with Crippen molar-refractivity contribution in [3.8, 4) is 0 Å². The Balaban J connectivity index is 1.16. The molecule has 6 rings (SSSR count). The third-order valence-corrected chi connectivity index (χ3v) is 9.83. The Morgan fingerprint density at radius 2 is 1.79 bits per heavy atom. The highest BCUT2D eigenvalue weighted by Crippen LogP contribution is 2.43. The highest BCUT2D eigenvalue weighted by Gasteiger charge is 2.44. The van der Waals surface area contributed by atoms with E-state index in [-0.39, 0.29) is 17.3 Å². The molecule has 1 aromatic heterocycles. The molecule has 8 nitrogen and oxygen atoms in total. The topological polar surface area (TPSA) is 81.9 Å². The number of nitrogens with zero attached hydrogens (tertiary/aromatic N) is 5. The Bertz CT molecular complexity index is 1170. The number of amides is 1. The van der Waals surface area contributed by atoms with Crippen molar-refractivity contribution >= 4 is 17.7 Å². The molecule has 1 spiro atoms. The fraction of sp³-hybridized carbons (Fsp3) is 0.633. The summed E-state index contributed by atoms with van der Waals surface area (Å²) < 4.78 is 1.17. The van der Waals surface area contributed by atoms with Crippen molar-refractivity contribution in [1.29, 1.82) is 0 Å². The molecular weight excluding hydrogens is 478 g/mol. The number of fused-ring (bicyclic) bond motifs is 1. The molecule has 0 bridgehead atoms. The number of carboxylic acids is 1. The first kappa shape index (κ1) is 25.4. The third-order valence-electron chi connectivity index (χ3n) is 9.83. The lowest BCUT2D eigenvalue weighted by Gasteiger charge is -2.45. The number of rotatable bonds is 6. The summed E-state index contributed by atoms with van der Waals surface area (Å²) in [5.41, 5.74) is 4.41. The van der Waals surface area contributed by atoms with Gasteiger partial charge in [0.25, 0.3) is 0 Å². The molecule has 1 aliphatic carbocycles. The number of aromatic carboxylic acids is 1. The summed E-state index contributed by atoms with van der Waals surface area (Å²) in [4.78, 5) is 31.4. The molecular formula is C30H41N5O3. The normalized spacial score (nSPS) is 24.9. The number of hydrogen-bond donors (Lipinski definition) is 1. The van der Waals surface area contributed by atoms with Crippen LogP contribution in [0.5, 0.6) is 0 Å². The number of aryl methyl sites for hydroxylation is 1. The van der Waals surface area contributed by atoms with E-state index in [1.165, 1.54) is 85.4 Å². The molecule has 4 heterocycles. The van der Waals surface area contributed by atoms with Gasteiger partial charge >= 0.3 is 12.0 Å². The fourth-order valence-corrected chi connectivity index (χ4v) is 7.73. The van der Waals surface area contributed by atoms with Crippen molar-refractivity contribution in [1.82, 2.24) is 19.6 Å². The van der Waals surface area contributed by atoms with E-state index in [0.29, 0.717) is 13.1 Å². The molecule has 2 atom stereocenters. The zero-order valence-electron chi connectivity index (χ0n) is 22.6. The van der Waals surface area contributed by atoms with Crippen LogP contribution in [-0.2, 0) is 13.0 Å². The lowest BCUT2D eigenvalue weighted by atomic mass is 9.84. The minimum atomic E-state index is -1.12. The molecule has 4 fully saturated rings. The fourth-order valence-electron chi connectivity index (χ4n) is 7.73. The van der Waals surface area contributed by atoms with Gasteiger partial charge < -0.3 is 14.9 Å². The Kier molecular flexibility index (Phi) is 6.93. The average Bonchev–Trinajstić information content (AvgIpc) is 3.70. The number of aromatic nitrogens is 2. The van der Waals surface area contributed by atoms with E-state index in [9.17, 15) is 9.59 Å². The summed E-state index contributed by atoms with van der Waals surface area (Å²) in [5.74, 6) is 0.632. The van der Waals surface area contributed by atoms with Crippen molar-refractivity contribution in [2.24, 2.45) is 11.8 Å². The lowest BCUT2D eigenvalue weighted by Crippen LogP contribution is -2.53. The van der Waals surface area contributed by atoms with Gasteiger partial charge in [-0.3, -0.25) is 4.90 Å². The second-order valence-electron chi connectivity index (χ2n) is 12.0. The van der Waals surface area contributed by atoms with E-state index >= 15 is 0 Å². The Morgan fingerprint density at radius 1 is 1.03 bits per heavy atom. The predicted molar refractivity (Wildman–Crippen MR) is 147 cm³/mol. The maximum atomic E-state index is 13.0. The van der Waals surface area contributed by atoms with E-state index in [2.05, 4.69) is 40.0 Å². The van der Waals surface area contributed by atoms with Crippen molar-refractivity contribution < 1.29 is 14.7 Å². The Morgan fingerprint density at radius 3 is 2.47 bits per heavy atom. The van der Waals surface area contributed by atoms with Crippen LogP contribution in [0.25, 0.3) is 0 Å². The maximum absolute atomic E-state index is 13.0. The van der Waals surface area contributed by atoms with Gasteiger partial charge in [0, 0.05) is 50.1 Å². The number of carbonyl (C=O) groups is 2. The van der Waals surface area contributed by atoms with E-state index in [0.717, 1.165) is 44.2 Å². The van der Waals surface area contributed by atoms with Crippen LogP contribution in [0.3, 0.4) is 0 Å². The predicted octanol–water partition coefficient (Wildman–Crippen LogP) is 4.87. The van der Waals surface area contributed by atoms with Gasteiger partial charge in [0.1, 0.15) is 0 Å². The summed E-state index contributed by atoms with van der Waals surface area (Å²) in [5, 5.41) is 13.1. The zero-order valence-corrected chi connectivity index (χ0v) is 22.6. The van der Waals surface area contributed by atoms with Crippen LogP contribution in [-0.4, -0.2) is 74.9 Å². The van der Waals surface area contributed by atoms with Gasteiger partial charge in [0.05, 0.1) is 0 Å². The van der Waals surface area contributed by atoms with Gasteiger partial charge in [-0.05, 0) is 86.6 Å². The molecule has 3 aliphatic heterocycles. The van der Waals surface area contributed by atoms with Gasteiger partial charge in [-0.15, -0.1) is 0 Å². The highest BCUT2D eigenvalue weighted by atomic mass is 16.4. The first-order valence-corrected chi connectivity index (χ1v) is 14.7. The number of carbonyl (C=O) groups excluding carboxylic acids is 1. The monoisotopic (exact) mass is 519 g/mol. The molecule has 1 aromatic carbocycles. The molecule has 4 aliphatic rings.